The van der Waals surface area contributed by atoms with Gasteiger partial charge in [0.2, 0.25) is 0 Å². The monoisotopic (exact) mass is 269 g/mol. The van der Waals surface area contributed by atoms with Gasteiger partial charge in [0.1, 0.15) is 12.4 Å². The van der Waals surface area contributed by atoms with Crippen molar-refractivity contribution in [2.75, 3.05) is 13.2 Å². The van der Waals surface area contributed by atoms with Gasteiger partial charge in [0.05, 0.1) is 0 Å². The van der Waals surface area contributed by atoms with E-state index in [1.165, 1.54) is 11.1 Å². The molecule has 0 heterocycles. The molecule has 0 aliphatic heterocycles. The van der Waals surface area contributed by atoms with E-state index >= 15 is 0 Å². The second-order valence-corrected chi connectivity index (χ2v) is 5.23. The predicted octanol–water partition coefficient (Wildman–Crippen LogP) is 3.98. The number of rotatable bonds is 7. The lowest BCUT2D eigenvalue weighted by Crippen LogP contribution is -2.20. The quantitative estimate of drug-likeness (QED) is 0.768. The Morgan fingerprint density at radius 3 is 2.30 bits per heavy atom. The summed E-state index contributed by atoms with van der Waals surface area (Å²) < 4.78 is 5.72. The van der Waals surface area contributed by atoms with Crippen molar-refractivity contribution in [3.63, 3.8) is 0 Å². The molecule has 106 valence electrons. The van der Waals surface area contributed by atoms with Crippen molar-refractivity contribution < 1.29 is 4.74 Å². The number of hydrogen-bond donors (Lipinski definition) is 1. The highest BCUT2D eigenvalue weighted by Crippen LogP contribution is 2.18. The number of nitrogens with one attached hydrogen (secondary N) is 1. The van der Waals surface area contributed by atoms with Crippen LogP contribution in [0.3, 0.4) is 0 Å². The Labute approximate surface area is 121 Å². The van der Waals surface area contributed by atoms with Gasteiger partial charge in [0, 0.05) is 13.1 Å². The van der Waals surface area contributed by atoms with Gasteiger partial charge in [0.15, 0.2) is 0 Å². The van der Waals surface area contributed by atoms with Crippen molar-refractivity contribution in [3.8, 4) is 5.75 Å². The molecule has 0 aromatic heterocycles. The minimum atomic E-state index is 0.566. The third kappa shape index (κ3) is 4.71. The third-order valence-electron chi connectivity index (χ3n) is 3.27. The fraction of sp³-hybridized carbons (Fsp3) is 0.333. The molecule has 0 radical (unpaired) electrons. The molecule has 0 unspecified atom stereocenters. The molecule has 2 heteroatoms. The summed E-state index contributed by atoms with van der Waals surface area (Å²) in [4.78, 5) is 0. The van der Waals surface area contributed by atoms with Crippen LogP contribution in [0.2, 0.25) is 0 Å². The van der Waals surface area contributed by atoms with Gasteiger partial charge in [-0.05, 0) is 29.2 Å². The fourth-order valence-electron chi connectivity index (χ4n) is 2.02. The summed E-state index contributed by atoms with van der Waals surface area (Å²) >= 11 is 0. The standard InChI is InChI=1S/C18H23NO/c1-15(2)17-8-10-18(11-9-17)20-13-12-19-14-16-6-4-3-5-7-16/h3-11,15,19H,12-14H2,1-2H3. The molecule has 0 aliphatic carbocycles. The molecule has 20 heavy (non-hydrogen) atoms. The first kappa shape index (κ1) is 14.6. The summed E-state index contributed by atoms with van der Waals surface area (Å²) in [6, 6.07) is 18.8. The maximum atomic E-state index is 5.72. The maximum Gasteiger partial charge on any atom is 0.119 e. The molecule has 2 aromatic carbocycles. The summed E-state index contributed by atoms with van der Waals surface area (Å²) in [6.45, 7) is 6.82. The van der Waals surface area contributed by atoms with Gasteiger partial charge >= 0.3 is 0 Å². The first-order valence-electron chi connectivity index (χ1n) is 7.23. The van der Waals surface area contributed by atoms with E-state index in [1.807, 2.05) is 18.2 Å². The lowest BCUT2D eigenvalue weighted by atomic mass is 10.0. The van der Waals surface area contributed by atoms with Crippen LogP contribution in [0.4, 0.5) is 0 Å². The van der Waals surface area contributed by atoms with Crippen molar-refractivity contribution in [1.82, 2.24) is 5.32 Å². The molecule has 2 aromatic rings. The predicted molar refractivity (Wildman–Crippen MR) is 84.2 cm³/mol. The molecule has 0 saturated carbocycles. The molecule has 0 atom stereocenters. The van der Waals surface area contributed by atoms with Crippen LogP contribution in [0.25, 0.3) is 0 Å². The van der Waals surface area contributed by atoms with E-state index in [1.54, 1.807) is 0 Å². The number of benzene rings is 2. The molecule has 0 saturated heterocycles. The summed E-state index contributed by atoms with van der Waals surface area (Å²) in [5.74, 6) is 1.51. The van der Waals surface area contributed by atoms with Gasteiger partial charge in [-0.3, -0.25) is 0 Å². The van der Waals surface area contributed by atoms with E-state index in [9.17, 15) is 0 Å². The summed E-state index contributed by atoms with van der Waals surface area (Å²) in [7, 11) is 0. The molecule has 0 spiro atoms. The molecular weight excluding hydrogens is 246 g/mol. The van der Waals surface area contributed by atoms with Gasteiger partial charge in [-0.1, -0.05) is 56.3 Å². The Hall–Kier alpha value is -1.80. The van der Waals surface area contributed by atoms with Crippen LogP contribution in [0, 0.1) is 0 Å². The summed E-state index contributed by atoms with van der Waals surface area (Å²) in [5.41, 5.74) is 2.65. The SMILES string of the molecule is CC(C)c1ccc(OCCNCc2ccccc2)cc1. The zero-order valence-electron chi connectivity index (χ0n) is 12.3. The van der Waals surface area contributed by atoms with Crippen LogP contribution in [0.5, 0.6) is 5.75 Å². The van der Waals surface area contributed by atoms with E-state index in [-0.39, 0.29) is 0 Å². The highest BCUT2D eigenvalue weighted by molar-refractivity contribution is 5.28. The Morgan fingerprint density at radius 2 is 1.65 bits per heavy atom. The highest BCUT2D eigenvalue weighted by atomic mass is 16.5. The second kappa shape index (κ2) is 7.71. The second-order valence-electron chi connectivity index (χ2n) is 5.23. The zero-order chi connectivity index (χ0) is 14.2. The Balaban J connectivity index is 1.66. The Bertz CT molecular complexity index is 491. The normalized spacial score (nSPS) is 10.8. The molecule has 0 bridgehead atoms. The van der Waals surface area contributed by atoms with Crippen LogP contribution >= 0.6 is 0 Å². The molecule has 0 amide bonds. The van der Waals surface area contributed by atoms with Crippen molar-refractivity contribution in [1.29, 1.82) is 0 Å². The van der Waals surface area contributed by atoms with Gasteiger partial charge in [-0.25, -0.2) is 0 Å². The molecular formula is C18H23NO. The summed E-state index contributed by atoms with van der Waals surface area (Å²) in [5, 5.41) is 3.38. The minimum absolute atomic E-state index is 0.566. The first-order valence-corrected chi connectivity index (χ1v) is 7.23. The largest absolute Gasteiger partial charge is 0.492 e. The molecule has 2 rings (SSSR count). The van der Waals surface area contributed by atoms with E-state index < -0.39 is 0 Å². The molecule has 1 N–H and O–H groups in total. The smallest absolute Gasteiger partial charge is 0.119 e. The zero-order valence-corrected chi connectivity index (χ0v) is 12.3. The van der Waals surface area contributed by atoms with Crippen LogP contribution < -0.4 is 10.1 Å². The molecule has 0 aliphatic rings. The van der Waals surface area contributed by atoms with E-state index in [4.69, 9.17) is 4.74 Å². The van der Waals surface area contributed by atoms with Gasteiger partial charge < -0.3 is 10.1 Å². The van der Waals surface area contributed by atoms with Crippen LogP contribution in [0.15, 0.2) is 54.6 Å². The Kier molecular flexibility index (Phi) is 5.63. The fourth-order valence-corrected chi connectivity index (χ4v) is 2.02. The van der Waals surface area contributed by atoms with Crippen molar-refractivity contribution in [3.05, 3.63) is 65.7 Å². The molecule has 0 fully saturated rings. The van der Waals surface area contributed by atoms with Gasteiger partial charge in [0.25, 0.3) is 0 Å². The van der Waals surface area contributed by atoms with E-state index in [0.29, 0.717) is 12.5 Å². The third-order valence-corrected chi connectivity index (χ3v) is 3.27. The topological polar surface area (TPSA) is 21.3 Å². The minimum Gasteiger partial charge on any atom is -0.492 e. The molecule has 2 nitrogen and oxygen atoms in total. The van der Waals surface area contributed by atoms with Crippen molar-refractivity contribution in [2.24, 2.45) is 0 Å². The van der Waals surface area contributed by atoms with E-state index in [0.717, 1.165) is 18.8 Å². The lowest BCUT2D eigenvalue weighted by Gasteiger charge is -2.09. The average Bonchev–Trinajstić information content (AvgIpc) is 2.48. The van der Waals surface area contributed by atoms with Crippen LogP contribution in [-0.2, 0) is 6.54 Å². The Morgan fingerprint density at radius 1 is 0.950 bits per heavy atom. The van der Waals surface area contributed by atoms with Gasteiger partial charge in [-0.15, -0.1) is 0 Å². The average molecular weight is 269 g/mol. The van der Waals surface area contributed by atoms with Crippen LogP contribution in [-0.4, -0.2) is 13.2 Å². The van der Waals surface area contributed by atoms with Gasteiger partial charge in [-0.2, -0.15) is 0 Å². The number of hydrogen-bond acceptors (Lipinski definition) is 2. The van der Waals surface area contributed by atoms with Crippen LogP contribution in [0.1, 0.15) is 30.9 Å². The number of ether oxygens (including phenoxy) is 1. The highest BCUT2D eigenvalue weighted by Gasteiger charge is 1.99. The van der Waals surface area contributed by atoms with Crippen molar-refractivity contribution >= 4 is 0 Å². The maximum absolute atomic E-state index is 5.72. The summed E-state index contributed by atoms with van der Waals surface area (Å²) in [6.07, 6.45) is 0. The lowest BCUT2D eigenvalue weighted by molar-refractivity contribution is 0.313. The van der Waals surface area contributed by atoms with Crippen molar-refractivity contribution in [2.45, 2.75) is 26.3 Å². The first-order chi connectivity index (χ1) is 9.75. The van der Waals surface area contributed by atoms with E-state index in [2.05, 4.69) is 55.6 Å².